The Balaban J connectivity index is 2.08. The molecule has 0 saturated heterocycles. The molecule has 2 aromatic carbocycles. The minimum atomic E-state index is -0.690. The average Bonchev–Trinajstić information content (AvgIpc) is 2.72. The average molecular weight is 371 g/mol. The summed E-state index contributed by atoms with van der Waals surface area (Å²) < 4.78 is 13.0. The van der Waals surface area contributed by atoms with Crippen molar-refractivity contribution in [2.75, 3.05) is 4.90 Å². The Kier molecular flexibility index (Phi) is 4.15. The van der Waals surface area contributed by atoms with E-state index < -0.39 is 17.6 Å². The van der Waals surface area contributed by atoms with E-state index in [1.165, 1.54) is 30.3 Å². The molecule has 0 bridgehead atoms. The molecule has 1 heterocycles. The maximum Gasteiger partial charge on any atom is 0.277 e. The number of hydrogen-bond donors (Lipinski definition) is 0. The molecule has 2 amide bonds. The summed E-state index contributed by atoms with van der Waals surface area (Å²) in [6, 6.07) is 9.45. The molecule has 0 spiro atoms. The summed E-state index contributed by atoms with van der Waals surface area (Å²) in [4.78, 5) is 25.8. The number of carbonyl (C=O) groups is 2. The Morgan fingerprint density at radius 1 is 0.870 bits per heavy atom. The lowest BCUT2D eigenvalue weighted by Gasteiger charge is -2.15. The first kappa shape index (κ1) is 16.0. The smallest absolute Gasteiger partial charge is 0.268 e. The highest BCUT2D eigenvalue weighted by atomic mass is 35.5. The Morgan fingerprint density at radius 2 is 1.52 bits per heavy atom. The Bertz CT molecular complexity index is 862. The normalized spacial score (nSPS) is 14.9. The van der Waals surface area contributed by atoms with Gasteiger partial charge in [-0.15, -0.1) is 0 Å². The molecule has 0 aromatic heterocycles. The predicted molar refractivity (Wildman–Crippen MR) is 88.1 cm³/mol. The molecule has 7 heteroatoms. The third-order valence-corrected chi connectivity index (χ3v) is 4.21. The van der Waals surface area contributed by atoms with E-state index in [2.05, 4.69) is 0 Å². The van der Waals surface area contributed by atoms with E-state index in [0.717, 1.165) is 17.0 Å². The van der Waals surface area contributed by atoms with Crippen molar-refractivity contribution in [3.05, 3.63) is 68.9 Å². The van der Waals surface area contributed by atoms with Gasteiger partial charge >= 0.3 is 0 Å². The summed E-state index contributed by atoms with van der Waals surface area (Å²) in [7, 11) is 0. The van der Waals surface area contributed by atoms with Crippen LogP contribution < -0.4 is 4.90 Å². The van der Waals surface area contributed by atoms with Crippen molar-refractivity contribution in [3.8, 4) is 0 Å². The Morgan fingerprint density at radius 3 is 2.13 bits per heavy atom. The van der Waals surface area contributed by atoms with E-state index in [1.807, 2.05) is 0 Å². The minimum absolute atomic E-state index is 0.0114. The second-order valence-corrected chi connectivity index (χ2v) is 5.96. The number of hydrogen-bond acceptors (Lipinski definition) is 2. The van der Waals surface area contributed by atoms with Crippen LogP contribution in [0.5, 0.6) is 0 Å². The summed E-state index contributed by atoms with van der Waals surface area (Å²) in [5.41, 5.74) is 0.520. The number of benzene rings is 2. The zero-order valence-electron chi connectivity index (χ0n) is 11.3. The van der Waals surface area contributed by atoms with Crippen LogP contribution in [0.15, 0.2) is 47.5 Å². The molecule has 0 fully saturated rings. The fraction of sp³-hybridized carbons (Fsp3) is 0. The third-order valence-electron chi connectivity index (χ3n) is 3.31. The standard InChI is InChI=1S/C16H7Cl3FNO2/c17-8-1-6-11(12(18)7-8)13-14(19)16(23)21(15(13)22)10-4-2-9(20)3-5-10/h1-7H. The van der Waals surface area contributed by atoms with Gasteiger partial charge < -0.3 is 0 Å². The maximum atomic E-state index is 13.0. The fourth-order valence-corrected chi connectivity index (χ4v) is 3.02. The van der Waals surface area contributed by atoms with Gasteiger partial charge in [0.05, 0.1) is 16.3 Å². The summed E-state index contributed by atoms with van der Waals surface area (Å²) >= 11 is 18.0. The van der Waals surface area contributed by atoms with Crippen LogP contribution in [0, 0.1) is 5.82 Å². The Labute approximate surface area is 145 Å². The number of nitrogens with zero attached hydrogens (tertiary/aromatic N) is 1. The topological polar surface area (TPSA) is 37.4 Å². The van der Waals surface area contributed by atoms with Crippen LogP contribution in [0.2, 0.25) is 10.0 Å². The van der Waals surface area contributed by atoms with Crippen LogP contribution in [-0.4, -0.2) is 11.8 Å². The van der Waals surface area contributed by atoms with Crippen molar-refractivity contribution in [1.82, 2.24) is 0 Å². The predicted octanol–water partition coefficient (Wildman–Crippen LogP) is 4.66. The first-order valence-corrected chi connectivity index (χ1v) is 7.53. The molecule has 1 aliphatic rings. The summed E-state index contributed by atoms with van der Waals surface area (Å²) in [5.74, 6) is -1.80. The van der Waals surface area contributed by atoms with Gasteiger partial charge in [0.15, 0.2) is 0 Å². The maximum absolute atomic E-state index is 13.0. The molecule has 2 aromatic rings. The van der Waals surface area contributed by atoms with Gasteiger partial charge in [-0.25, -0.2) is 9.29 Å². The third kappa shape index (κ3) is 2.74. The Hall–Kier alpha value is -1.88. The number of imide groups is 1. The van der Waals surface area contributed by atoms with E-state index in [9.17, 15) is 14.0 Å². The number of amides is 2. The van der Waals surface area contributed by atoms with Crippen LogP contribution in [0.25, 0.3) is 5.57 Å². The number of halogens is 4. The van der Waals surface area contributed by atoms with E-state index in [-0.39, 0.29) is 21.3 Å². The van der Waals surface area contributed by atoms with Gasteiger partial charge in [0, 0.05) is 10.6 Å². The lowest BCUT2D eigenvalue weighted by molar-refractivity contribution is -0.119. The van der Waals surface area contributed by atoms with Gasteiger partial charge in [0.2, 0.25) is 0 Å². The molecule has 3 rings (SSSR count). The van der Waals surface area contributed by atoms with Gasteiger partial charge in [0.25, 0.3) is 11.8 Å². The van der Waals surface area contributed by atoms with Gasteiger partial charge in [-0.3, -0.25) is 9.59 Å². The van der Waals surface area contributed by atoms with Crippen molar-refractivity contribution >= 4 is 57.9 Å². The first-order chi connectivity index (χ1) is 10.9. The van der Waals surface area contributed by atoms with Crippen molar-refractivity contribution in [1.29, 1.82) is 0 Å². The van der Waals surface area contributed by atoms with E-state index in [1.54, 1.807) is 0 Å². The van der Waals surface area contributed by atoms with Crippen LogP contribution in [0.4, 0.5) is 10.1 Å². The van der Waals surface area contributed by atoms with Gasteiger partial charge in [-0.1, -0.05) is 40.9 Å². The summed E-state index contributed by atoms with van der Waals surface area (Å²) in [5, 5.41) is 0.346. The van der Waals surface area contributed by atoms with Gasteiger partial charge in [-0.2, -0.15) is 0 Å². The molecule has 0 saturated carbocycles. The number of carbonyl (C=O) groups excluding carboxylic acids is 2. The largest absolute Gasteiger partial charge is 0.277 e. The van der Waals surface area contributed by atoms with Crippen molar-refractivity contribution < 1.29 is 14.0 Å². The molecule has 0 radical (unpaired) electrons. The lowest BCUT2D eigenvalue weighted by atomic mass is 10.1. The van der Waals surface area contributed by atoms with Crippen LogP contribution >= 0.6 is 34.8 Å². The van der Waals surface area contributed by atoms with Gasteiger partial charge in [-0.05, 0) is 36.4 Å². The molecular weight excluding hydrogens is 364 g/mol. The van der Waals surface area contributed by atoms with Crippen LogP contribution in [0.3, 0.4) is 0 Å². The molecule has 3 nitrogen and oxygen atoms in total. The van der Waals surface area contributed by atoms with Crippen LogP contribution in [-0.2, 0) is 9.59 Å². The molecular formula is C16H7Cl3FNO2. The quantitative estimate of drug-likeness (QED) is 0.721. The zero-order valence-corrected chi connectivity index (χ0v) is 13.6. The molecule has 0 aliphatic carbocycles. The lowest BCUT2D eigenvalue weighted by Crippen LogP contribution is -2.31. The van der Waals surface area contributed by atoms with E-state index >= 15 is 0 Å². The molecule has 0 atom stereocenters. The highest BCUT2D eigenvalue weighted by molar-refractivity contribution is 6.60. The van der Waals surface area contributed by atoms with Crippen molar-refractivity contribution in [3.63, 3.8) is 0 Å². The minimum Gasteiger partial charge on any atom is -0.268 e. The fourth-order valence-electron chi connectivity index (χ4n) is 2.25. The first-order valence-electron chi connectivity index (χ1n) is 6.39. The monoisotopic (exact) mass is 369 g/mol. The van der Waals surface area contributed by atoms with E-state index in [4.69, 9.17) is 34.8 Å². The van der Waals surface area contributed by atoms with Gasteiger partial charge in [0.1, 0.15) is 10.8 Å². The van der Waals surface area contributed by atoms with E-state index in [0.29, 0.717) is 10.6 Å². The number of anilines is 1. The van der Waals surface area contributed by atoms with Crippen molar-refractivity contribution in [2.45, 2.75) is 0 Å². The summed E-state index contributed by atoms with van der Waals surface area (Å²) in [6.45, 7) is 0. The zero-order chi connectivity index (χ0) is 16.7. The van der Waals surface area contributed by atoms with Crippen molar-refractivity contribution in [2.24, 2.45) is 0 Å². The molecule has 23 heavy (non-hydrogen) atoms. The second kappa shape index (κ2) is 5.96. The second-order valence-electron chi connectivity index (χ2n) is 4.74. The SMILES string of the molecule is O=C1C(Cl)=C(c2ccc(Cl)cc2Cl)C(=O)N1c1ccc(F)cc1. The molecule has 116 valence electrons. The van der Waals surface area contributed by atoms with Crippen LogP contribution in [0.1, 0.15) is 5.56 Å². The molecule has 0 N–H and O–H groups in total. The molecule has 1 aliphatic heterocycles. The highest BCUT2D eigenvalue weighted by Gasteiger charge is 2.39. The number of rotatable bonds is 2. The highest BCUT2D eigenvalue weighted by Crippen LogP contribution is 2.38. The molecule has 0 unspecified atom stereocenters. The summed E-state index contributed by atoms with van der Waals surface area (Å²) in [6.07, 6.45) is 0.